The number of aliphatic hydroxyl groups is 1. The zero-order valence-corrected chi connectivity index (χ0v) is 12.9. The molecule has 1 atom stereocenters. The summed E-state index contributed by atoms with van der Waals surface area (Å²) in [4.78, 5) is 4.31. The molecule has 0 saturated heterocycles. The molecule has 1 heterocycles. The van der Waals surface area contributed by atoms with Crippen LogP contribution in [-0.2, 0) is 17.7 Å². The summed E-state index contributed by atoms with van der Waals surface area (Å²) in [6.07, 6.45) is 5.76. The van der Waals surface area contributed by atoms with Gasteiger partial charge in [-0.15, -0.1) is 0 Å². The van der Waals surface area contributed by atoms with Crippen LogP contribution in [0.4, 0.5) is 0 Å². The van der Waals surface area contributed by atoms with Crippen molar-refractivity contribution in [1.82, 2.24) is 14.8 Å². The predicted octanol–water partition coefficient (Wildman–Crippen LogP) is 2.19. The highest BCUT2D eigenvalue weighted by Gasteiger charge is 2.41. The van der Waals surface area contributed by atoms with Gasteiger partial charge in [-0.3, -0.25) is 0 Å². The minimum Gasteiger partial charge on any atom is -0.390 e. The molecule has 1 saturated carbocycles. The fourth-order valence-electron chi connectivity index (χ4n) is 3.14. The normalized spacial score (nSPS) is 19.6. The van der Waals surface area contributed by atoms with Gasteiger partial charge in [-0.2, -0.15) is 5.10 Å². The molecule has 0 aromatic carbocycles. The van der Waals surface area contributed by atoms with Crippen molar-refractivity contribution in [3.63, 3.8) is 0 Å². The molecular weight excluding hydrogens is 254 g/mol. The first-order valence-corrected chi connectivity index (χ1v) is 7.76. The van der Waals surface area contributed by atoms with Crippen LogP contribution in [0.2, 0.25) is 0 Å². The topological polar surface area (TPSA) is 60.2 Å². The highest BCUT2D eigenvalue weighted by atomic mass is 16.5. The first kappa shape index (κ1) is 15.4. The Balaban J connectivity index is 2.06. The third kappa shape index (κ3) is 3.38. The van der Waals surface area contributed by atoms with E-state index in [4.69, 9.17) is 4.74 Å². The van der Waals surface area contributed by atoms with Gasteiger partial charge in [0.05, 0.1) is 11.7 Å². The molecule has 1 unspecified atom stereocenters. The van der Waals surface area contributed by atoms with Crippen molar-refractivity contribution in [2.75, 3.05) is 6.61 Å². The summed E-state index contributed by atoms with van der Waals surface area (Å²) in [6.45, 7) is 7.79. The average molecular weight is 281 g/mol. The van der Waals surface area contributed by atoms with Gasteiger partial charge in [0.15, 0.2) is 0 Å². The first-order valence-electron chi connectivity index (χ1n) is 7.76. The lowest BCUT2D eigenvalue weighted by Gasteiger charge is -2.34. The zero-order valence-electron chi connectivity index (χ0n) is 12.9. The Bertz CT molecular complexity index is 411. The Morgan fingerprint density at radius 2 is 2.10 bits per heavy atom. The number of hydrogen-bond donors (Lipinski definition) is 1. The highest BCUT2D eigenvalue weighted by molar-refractivity contribution is 4.99. The van der Waals surface area contributed by atoms with Crippen molar-refractivity contribution >= 4 is 0 Å². The Morgan fingerprint density at radius 3 is 2.70 bits per heavy atom. The quantitative estimate of drug-likeness (QED) is 0.832. The summed E-state index contributed by atoms with van der Waals surface area (Å²) in [7, 11) is 0. The van der Waals surface area contributed by atoms with E-state index in [9.17, 15) is 5.11 Å². The van der Waals surface area contributed by atoms with Gasteiger partial charge in [0.25, 0.3) is 0 Å². The molecule has 1 aromatic rings. The van der Waals surface area contributed by atoms with E-state index in [-0.39, 0.29) is 5.60 Å². The molecule has 0 radical (unpaired) electrons. The minimum absolute atomic E-state index is 0.372. The molecule has 5 heteroatoms. The fraction of sp³-hybridized carbons (Fsp3) is 0.867. The molecule has 1 N–H and O–H groups in total. The summed E-state index contributed by atoms with van der Waals surface area (Å²) in [6, 6.07) is 0. The Hall–Kier alpha value is -0.940. The monoisotopic (exact) mass is 281 g/mol. The smallest absolute Gasteiger partial charge is 0.138 e. The second-order valence-electron chi connectivity index (χ2n) is 6.18. The first-order chi connectivity index (χ1) is 9.57. The molecule has 0 aliphatic heterocycles. The van der Waals surface area contributed by atoms with Gasteiger partial charge in [0.2, 0.25) is 0 Å². The van der Waals surface area contributed by atoms with Gasteiger partial charge < -0.3 is 9.84 Å². The Labute approximate surface area is 121 Å². The van der Waals surface area contributed by atoms with Crippen LogP contribution in [0.3, 0.4) is 0 Å². The molecule has 2 rings (SSSR count). The van der Waals surface area contributed by atoms with Gasteiger partial charge >= 0.3 is 0 Å². The van der Waals surface area contributed by atoms with E-state index >= 15 is 0 Å². The van der Waals surface area contributed by atoms with Crippen LogP contribution in [0.25, 0.3) is 0 Å². The van der Waals surface area contributed by atoms with E-state index in [0.29, 0.717) is 18.9 Å². The maximum atomic E-state index is 10.7. The average Bonchev–Trinajstić information content (AvgIpc) is 3.00. The van der Waals surface area contributed by atoms with E-state index < -0.39 is 6.10 Å². The molecule has 1 aromatic heterocycles. The Kier molecular flexibility index (Phi) is 5.16. The number of nitrogens with zero attached hydrogens (tertiary/aromatic N) is 3. The van der Waals surface area contributed by atoms with Gasteiger partial charge in [-0.05, 0) is 25.7 Å². The van der Waals surface area contributed by atoms with Crippen molar-refractivity contribution in [1.29, 1.82) is 0 Å². The van der Waals surface area contributed by atoms with Gasteiger partial charge in [0.1, 0.15) is 12.2 Å². The molecular formula is C15H27N3O2. The number of ether oxygens (including phenoxy) is 1. The van der Waals surface area contributed by atoms with Crippen molar-refractivity contribution in [3.05, 3.63) is 12.2 Å². The lowest BCUT2D eigenvalue weighted by molar-refractivity contribution is -0.116. The summed E-state index contributed by atoms with van der Waals surface area (Å²) >= 11 is 0. The van der Waals surface area contributed by atoms with Crippen molar-refractivity contribution in [2.24, 2.45) is 5.92 Å². The van der Waals surface area contributed by atoms with E-state index in [2.05, 4.69) is 23.9 Å². The number of hydrogen-bond acceptors (Lipinski definition) is 4. The maximum absolute atomic E-state index is 10.7. The number of aromatic nitrogens is 3. The highest BCUT2D eigenvalue weighted by Crippen LogP contribution is 2.37. The summed E-state index contributed by atoms with van der Waals surface area (Å²) in [5, 5.41) is 14.9. The van der Waals surface area contributed by atoms with E-state index in [1.165, 1.54) is 0 Å². The van der Waals surface area contributed by atoms with Crippen molar-refractivity contribution in [2.45, 2.75) is 71.1 Å². The SMILES string of the molecule is CCOC1(C(O)Cc2ncnn2CC(C)C)CCCC1. The minimum atomic E-state index is -0.500. The molecule has 1 aliphatic carbocycles. The second-order valence-corrected chi connectivity index (χ2v) is 6.18. The van der Waals surface area contributed by atoms with Crippen LogP contribution in [0, 0.1) is 5.92 Å². The number of rotatable bonds is 7. The molecule has 114 valence electrons. The lowest BCUT2D eigenvalue weighted by Crippen LogP contribution is -2.44. The summed E-state index contributed by atoms with van der Waals surface area (Å²) < 4.78 is 7.82. The molecule has 1 aliphatic rings. The summed E-state index contributed by atoms with van der Waals surface area (Å²) in [5.41, 5.74) is -0.372. The zero-order chi connectivity index (χ0) is 14.6. The largest absolute Gasteiger partial charge is 0.390 e. The van der Waals surface area contributed by atoms with Crippen LogP contribution in [-0.4, -0.2) is 38.2 Å². The van der Waals surface area contributed by atoms with E-state index in [0.717, 1.165) is 38.1 Å². The third-order valence-electron chi connectivity index (χ3n) is 4.10. The predicted molar refractivity (Wildman–Crippen MR) is 77.4 cm³/mol. The molecule has 5 nitrogen and oxygen atoms in total. The summed E-state index contributed by atoms with van der Waals surface area (Å²) in [5.74, 6) is 1.37. The van der Waals surface area contributed by atoms with Gasteiger partial charge in [-0.25, -0.2) is 9.67 Å². The Morgan fingerprint density at radius 1 is 1.40 bits per heavy atom. The van der Waals surface area contributed by atoms with Crippen molar-refractivity contribution < 1.29 is 9.84 Å². The van der Waals surface area contributed by atoms with Crippen molar-refractivity contribution in [3.8, 4) is 0 Å². The van der Waals surface area contributed by atoms with Crippen LogP contribution in [0.5, 0.6) is 0 Å². The van der Waals surface area contributed by atoms with Gasteiger partial charge in [-0.1, -0.05) is 26.7 Å². The van der Waals surface area contributed by atoms with Crippen LogP contribution in [0.15, 0.2) is 6.33 Å². The molecule has 0 bridgehead atoms. The lowest BCUT2D eigenvalue weighted by atomic mass is 9.92. The van der Waals surface area contributed by atoms with Crippen LogP contribution >= 0.6 is 0 Å². The maximum Gasteiger partial charge on any atom is 0.138 e. The number of aliphatic hydroxyl groups excluding tert-OH is 1. The third-order valence-corrected chi connectivity index (χ3v) is 4.10. The molecule has 0 spiro atoms. The van der Waals surface area contributed by atoms with Gasteiger partial charge in [0, 0.05) is 19.6 Å². The van der Waals surface area contributed by atoms with E-state index in [1.807, 2.05) is 11.6 Å². The molecule has 0 amide bonds. The van der Waals surface area contributed by atoms with E-state index in [1.54, 1.807) is 6.33 Å². The molecule has 20 heavy (non-hydrogen) atoms. The van der Waals surface area contributed by atoms with Crippen LogP contribution < -0.4 is 0 Å². The standard InChI is InChI=1S/C15H27N3O2/c1-4-20-15(7-5-6-8-15)13(19)9-14-16-11-17-18(14)10-12(2)3/h11-13,19H,4-10H2,1-3H3. The fourth-order valence-corrected chi connectivity index (χ4v) is 3.14. The second kappa shape index (κ2) is 6.68. The molecule has 1 fully saturated rings. The van der Waals surface area contributed by atoms with Crippen LogP contribution in [0.1, 0.15) is 52.3 Å².